The number of nitrogens with two attached hydrogens (primary N) is 2. The number of nitrogens with one attached hydrogen (secondary N) is 1. The lowest BCUT2D eigenvalue weighted by Crippen LogP contribution is -2.07. The topological polar surface area (TPSA) is 73.3 Å². The van der Waals surface area contributed by atoms with Crippen molar-refractivity contribution in [3.05, 3.63) is 23.8 Å². The van der Waals surface area contributed by atoms with Crippen LogP contribution in [0.5, 0.6) is 0 Å². The van der Waals surface area contributed by atoms with E-state index in [1.807, 2.05) is 12.1 Å². The largest absolute Gasteiger partial charge is 0.399 e. The van der Waals surface area contributed by atoms with Crippen molar-refractivity contribution in [2.75, 3.05) is 18.5 Å². The summed E-state index contributed by atoms with van der Waals surface area (Å²) in [5.74, 6) is 0. The third-order valence-corrected chi connectivity index (χ3v) is 1.42. The van der Waals surface area contributed by atoms with Crippen LogP contribution in [0.25, 0.3) is 0 Å². The maximum atomic E-state index is 5.58. The Hall–Kier alpha value is -1.26. The van der Waals surface area contributed by atoms with Crippen LogP contribution in [-0.2, 0) is 11.4 Å². The lowest BCUT2D eigenvalue weighted by atomic mass is 10.2. The van der Waals surface area contributed by atoms with Gasteiger partial charge in [-0.1, -0.05) is 0 Å². The summed E-state index contributed by atoms with van der Waals surface area (Å²) in [7, 11) is 1.70. The molecule has 1 rings (SSSR count). The van der Waals surface area contributed by atoms with Gasteiger partial charge in [-0.3, -0.25) is 4.84 Å². The predicted molar refractivity (Wildman–Crippen MR) is 49.1 cm³/mol. The van der Waals surface area contributed by atoms with E-state index in [-0.39, 0.29) is 0 Å². The van der Waals surface area contributed by atoms with E-state index in [2.05, 4.69) is 5.48 Å². The second-order valence-corrected chi connectivity index (χ2v) is 2.50. The molecule has 0 radical (unpaired) electrons. The molecule has 5 N–H and O–H groups in total. The normalized spacial score (nSPS) is 10.1. The van der Waals surface area contributed by atoms with Gasteiger partial charge in [0.25, 0.3) is 0 Å². The van der Waals surface area contributed by atoms with Gasteiger partial charge in [0.1, 0.15) is 0 Å². The summed E-state index contributed by atoms with van der Waals surface area (Å²) in [6, 6.07) is 5.37. The van der Waals surface area contributed by atoms with Crippen LogP contribution >= 0.6 is 0 Å². The number of nitrogen functional groups attached to an aromatic ring is 2. The van der Waals surface area contributed by atoms with Gasteiger partial charge in [-0.05, 0) is 23.8 Å². The van der Waals surface area contributed by atoms with E-state index in [0.29, 0.717) is 18.0 Å². The van der Waals surface area contributed by atoms with Gasteiger partial charge in [0.05, 0.1) is 6.61 Å². The highest BCUT2D eigenvalue weighted by molar-refractivity contribution is 5.54. The second-order valence-electron chi connectivity index (χ2n) is 2.50. The fraction of sp³-hybridized carbons (Fsp3) is 0.250. The van der Waals surface area contributed by atoms with Gasteiger partial charge < -0.3 is 11.5 Å². The van der Waals surface area contributed by atoms with Crippen molar-refractivity contribution in [1.29, 1.82) is 0 Å². The van der Waals surface area contributed by atoms with Gasteiger partial charge in [0.15, 0.2) is 0 Å². The molecule has 0 fully saturated rings. The lowest BCUT2D eigenvalue weighted by molar-refractivity contribution is 0.0445. The average Bonchev–Trinajstić information content (AvgIpc) is 1.99. The minimum absolute atomic E-state index is 0.464. The zero-order chi connectivity index (χ0) is 8.97. The zero-order valence-corrected chi connectivity index (χ0v) is 7.00. The van der Waals surface area contributed by atoms with E-state index >= 15 is 0 Å². The highest BCUT2D eigenvalue weighted by Gasteiger charge is 1.95. The first-order valence-electron chi connectivity index (χ1n) is 3.66. The second kappa shape index (κ2) is 3.94. The van der Waals surface area contributed by atoms with Gasteiger partial charge in [-0.15, -0.1) is 0 Å². The fourth-order valence-corrected chi connectivity index (χ4v) is 0.984. The SMILES string of the molecule is CNOCc1cc(N)cc(N)c1. The van der Waals surface area contributed by atoms with Crippen LogP contribution in [0.2, 0.25) is 0 Å². The molecule has 0 atom stereocenters. The van der Waals surface area contributed by atoms with Crippen molar-refractivity contribution in [2.45, 2.75) is 6.61 Å². The summed E-state index contributed by atoms with van der Waals surface area (Å²) in [6.45, 7) is 0.464. The molecule has 0 aliphatic carbocycles. The van der Waals surface area contributed by atoms with Gasteiger partial charge >= 0.3 is 0 Å². The maximum absolute atomic E-state index is 5.58. The number of hydroxylamine groups is 1. The number of hydrogen-bond acceptors (Lipinski definition) is 4. The molecule has 0 aliphatic heterocycles. The summed E-state index contributed by atoms with van der Waals surface area (Å²) in [4.78, 5) is 4.97. The summed E-state index contributed by atoms with van der Waals surface area (Å²) in [5, 5.41) is 0. The molecular weight excluding hydrogens is 154 g/mol. The number of anilines is 2. The molecule has 4 nitrogen and oxygen atoms in total. The molecule has 0 unspecified atom stereocenters. The van der Waals surface area contributed by atoms with Crippen LogP contribution in [0, 0.1) is 0 Å². The minimum Gasteiger partial charge on any atom is -0.399 e. The van der Waals surface area contributed by atoms with E-state index in [0.717, 1.165) is 5.56 Å². The summed E-state index contributed by atoms with van der Waals surface area (Å²) >= 11 is 0. The van der Waals surface area contributed by atoms with Crippen LogP contribution in [0.15, 0.2) is 18.2 Å². The Bertz CT molecular complexity index is 242. The van der Waals surface area contributed by atoms with Crippen molar-refractivity contribution >= 4 is 11.4 Å². The van der Waals surface area contributed by atoms with Crippen LogP contribution < -0.4 is 16.9 Å². The minimum atomic E-state index is 0.464. The third-order valence-electron chi connectivity index (χ3n) is 1.42. The van der Waals surface area contributed by atoms with Gasteiger partial charge in [-0.2, -0.15) is 0 Å². The molecule has 1 aromatic rings. The first-order chi connectivity index (χ1) is 5.72. The molecule has 12 heavy (non-hydrogen) atoms. The monoisotopic (exact) mass is 167 g/mol. The van der Waals surface area contributed by atoms with E-state index < -0.39 is 0 Å². The standard InChI is InChI=1S/C8H13N3O/c1-11-12-5-6-2-7(9)4-8(10)3-6/h2-4,11H,5,9-10H2,1H3. The summed E-state index contributed by atoms with van der Waals surface area (Å²) in [6.07, 6.45) is 0. The molecule has 0 aromatic heterocycles. The lowest BCUT2D eigenvalue weighted by Gasteiger charge is -2.04. The maximum Gasteiger partial charge on any atom is 0.0934 e. The Morgan fingerprint density at radius 2 is 1.83 bits per heavy atom. The Morgan fingerprint density at radius 1 is 1.25 bits per heavy atom. The average molecular weight is 167 g/mol. The smallest absolute Gasteiger partial charge is 0.0934 e. The number of benzene rings is 1. The van der Waals surface area contributed by atoms with Crippen molar-refractivity contribution in [1.82, 2.24) is 5.48 Å². The summed E-state index contributed by atoms with van der Waals surface area (Å²) in [5.41, 5.74) is 16.0. The van der Waals surface area contributed by atoms with Gasteiger partial charge in [0.2, 0.25) is 0 Å². The molecule has 4 heteroatoms. The third kappa shape index (κ3) is 2.41. The van der Waals surface area contributed by atoms with E-state index in [9.17, 15) is 0 Å². The number of rotatable bonds is 3. The molecular formula is C8H13N3O. The summed E-state index contributed by atoms with van der Waals surface area (Å²) < 4.78 is 0. The Balaban J connectivity index is 2.72. The fourth-order valence-electron chi connectivity index (χ4n) is 0.984. The predicted octanol–water partition coefficient (Wildman–Crippen LogP) is 0.502. The van der Waals surface area contributed by atoms with Crippen LogP contribution in [0.1, 0.15) is 5.56 Å². The molecule has 0 saturated heterocycles. The first kappa shape index (κ1) is 8.83. The molecule has 0 saturated carbocycles. The molecule has 0 bridgehead atoms. The Morgan fingerprint density at radius 3 is 2.33 bits per heavy atom. The molecule has 0 heterocycles. The van der Waals surface area contributed by atoms with E-state index in [1.165, 1.54) is 0 Å². The van der Waals surface area contributed by atoms with E-state index in [4.69, 9.17) is 16.3 Å². The van der Waals surface area contributed by atoms with Gasteiger partial charge in [-0.25, -0.2) is 5.48 Å². The van der Waals surface area contributed by atoms with Crippen molar-refractivity contribution in [2.24, 2.45) is 0 Å². The van der Waals surface area contributed by atoms with E-state index in [1.54, 1.807) is 13.1 Å². The molecule has 0 aliphatic rings. The Labute approximate surface area is 71.5 Å². The molecule has 66 valence electrons. The molecule has 0 spiro atoms. The Kier molecular flexibility index (Phi) is 2.90. The quantitative estimate of drug-likeness (QED) is 0.453. The highest BCUT2D eigenvalue weighted by atomic mass is 16.6. The first-order valence-corrected chi connectivity index (χ1v) is 3.66. The van der Waals surface area contributed by atoms with Gasteiger partial charge in [0, 0.05) is 18.4 Å². The molecule has 0 amide bonds. The molecule has 1 aromatic carbocycles. The van der Waals surface area contributed by atoms with Crippen LogP contribution in [0.3, 0.4) is 0 Å². The highest BCUT2D eigenvalue weighted by Crippen LogP contribution is 2.13. The van der Waals surface area contributed by atoms with Crippen molar-refractivity contribution < 1.29 is 4.84 Å². The van der Waals surface area contributed by atoms with Crippen molar-refractivity contribution in [3.63, 3.8) is 0 Å². The van der Waals surface area contributed by atoms with Crippen molar-refractivity contribution in [3.8, 4) is 0 Å². The van der Waals surface area contributed by atoms with Crippen LogP contribution in [0.4, 0.5) is 11.4 Å². The van der Waals surface area contributed by atoms with Crippen LogP contribution in [-0.4, -0.2) is 7.05 Å². The zero-order valence-electron chi connectivity index (χ0n) is 7.00. The number of hydrogen-bond donors (Lipinski definition) is 3.